The predicted molar refractivity (Wildman–Crippen MR) is 116 cm³/mol. The largest absolute Gasteiger partial charge is 0.529 e. The number of anilines is 1. The van der Waals surface area contributed by atoms with Crippen LogP contribution in [-0.4, -0.2) is 13.2 Å². The van der Waals surface area contributed by atoms with Gasteiger partial charge in [-0.2, -0.15) is 0 Å². The lowest BCUT2D eigenvalue weighted by Gasteiger charge is -2.42. The van der Waals surface area contributed by atoms with Crippen LogP contribution in [0.25, 0.3) is 0 Å². The van der Waals surface area contributed by atoms with Crippen LogP contribution in [0, 0.1) is 10.1 Å². The zero-order valence-electron chi connectivity index (χ0n) is 16.3. The molecule has 0 radical (unpaired) electrons. The Morgan fingerprint density at radius 2 is 1.39 bits per heavy atom. The van der Waals surface area contributed by atoms with E-state index in [1.165, 1.54) is 6.07 Å². The number of nitro groups is 1. The van der Waals surface area contributed by atoms with Gasteiger partial charge in [0.2, 0.25) is 0 Å². The molecule has 0 unspecified atom stereocenters. The molecule has 0 saturated carbocycles. The number of hydrogen-bond acceptors (Lipinski definition) is 4. The fraction of sp³-hybridized carbons (Fsp3) is 0.182. The van der Waals surface area contributed by atoms with Gasteiger partial charge in [0.15, 0.2) is 5.75 Å². The molecule has 3 aromatic carbocycles. The van der Waals surface area contributed by atoms with Gasteiger partial charge in [-0.15, -0.1) is 0 Å². The molecule has 3 aromatic rings. The molecule has 0 heterocycles. The van der Waals surface area contributed by atoms with Crippen LogP contribution in [0.2, 0.25) is 5.04 Å². The zero-order valence-corrected chi connectivity index (χ0v) is 17.3. The molecule has 0 bridgehead atoms. The maximum Gasteiger partial charge on any atom is 0.320 e. The maximum atomic E-state index is 11.7. The molecule has 2 N–H and O–H groups in total. The lowest BCUT2D eigenvalue weighted by Crippen LogP contribution is -2.68. The molecule has 0 spiro atoms. The van der Waals surface area contributed by atoms with Gasteiger partial charge in [0.25, 0.3) is 0 Å². The molecule has 0 amide bonds. The van der Waals surface area contributed by atoms with Crippen molar-refractivity contribution in [1.82, 2.24) is 0 Å². The van der Waals surface area contributed by atoms with Gasteiger partial charge in [-0.1, -0.05) is 81.4 Å². The molecule has 0 aromatic heterocycles. The van der Waals surface area contributed by atoms with Gasteiger partial charge in [0.05, 0.1) is 4.92 Å². The van der Waals surface area contributed by atoms with Crippen molar-refractivity contribution in [2.24, 2.45) is 0 Å². The summed E-state index contributed by atoms with van der Waals surface area (Å²) in [5.74, 6) is 0.244. The Kier molecular flexibility index (Phi) is 5.24. The first kappa shape index (κ1) is 19.6. The number of nitrogen functional groups attached to an aromatic ring is 1. The molecular formula is C22H24N2O3Si. The third-order valence-electron chi connectivity index (χ3n) is 4.86. The maximum absolute atomic E-state index is 11.7. The fourth-order valence-electron chi connectivity index (χ4n) is 3.58. The van der Waals surface area contributed by atoms with E-state index in [4.69, 9.17) is 10.2 Å². The molecule has 6 heteroatoms. The number of nitrogens with zero attached hydrogens (tertiary/aromatic N) is 1. The van der Waals surface area contributed by atoms with E-state index >= 15 is 0 Å². The van der Waals surface area contributed by atoms with Crippen LogP contribution in [-0.2, 0) is 0 Å². The molecule has 0 aliphatic rings. The van der Waals surface area contributed by atoms with E-state index < -0.39 is 13.2 Å². The highest BCUT2D eigenvalue weighted by molar-refractivity contribution is 7.00. The number of nitrogens with two attached hydrogens (primary N) is 1. The number of rotatable bonds is 5. The average Bonchev–Trinajstić information content (AvgIpc) is 2.67. The van der Waals surface area contributed by atoms with E-state index in [9.17, 15) is 10.1 Å². The van der Waals surface area contributed by atoms with Gasteiger partial charge in [-0.3, -0.25) is 10.1 Å². The Morgan fingerprint density at radius 3 is 1.82 bits per heavy atom. The third kappa shape index (κ3) is 3.51. The smallest absolute Gasteiger partial charge is 0.320 e. The summed E-state index contributed by atoms with van der Waals surface area (Å²) in [5, 5.41) is 13.5. The molecular weight excluding hydrogens is 368 g/mol. The Labute approximate surface area is 166 Å². The summed E-state index contributed by atoms with van der Waals surface area (Å²) < 4.78 is 6.73. The van der Waals surface area contributed by atoms with Gasteiger partial charge >= 0.3 is 14.0 Å². The topological polar surface area (TPSA) is 78.4 Å². The van der Waals surface area contributed by atoms with E-state index in [2.05, 4.69) is 20.8 Å². The zero-order chi connectivity index (χ0) is 20.4. The number of hydrogen-bond donors (Lipinski definition) is 1. The van der Waals surface area contributed by atoms with E-state index in [1.54, 1.807) is 12.1 Å². The molecule has 0 atom stereocenters. The van der Waals surface area contributed by atoms with Crippen molar-refractivity contribution in [2.75, 3.05) is 5.73 Å². The summed E-state index contributed by atoms with van der Waals surface area (Å²) in [6.45, 7) is 6.38. The molecule has 0 saturated heterocycles. The summed E-state index contributed by atoms with van der Waals surface area (Å²) in [4.78, 5) is 11.2. The van der Waals surface area contributed by atoms with Crippen molar-refractivity contribution in [3.05, 3.63) is 89.0 Å². The van der Waals surface area contributed by atoms with Gasteiger partial charge < -0.3 is 10.2 Å². The lowest BCUT2D eigenvalue weighted by atomic mass is 10.2. The highest BCUT2D eigenvalue weighted by atomic mass is 28.4. The first-order chi connectivity index (χ1) is 13.3. The molecule has 3 rings (SSSR count). The van der Waals surface area contributed by atoms with E-state index in [1.807, 2.05) is 60.7 Å². The third-order valence-corrected chi connectivity index (χ3v) is 9.79. The van der Waals surface area contributed by atoms with Crippen LogP contribution < -0.4 is 20.5 Å². The van der Waals surface area contributed by atoms with Crippen LogP contribution in [0.15, 0.2) is 78.9 Å². The Bertz CT molecular complexity index is 931. The van der Waals surface area contributed by atoms with Crippen molar-refractivity contribution >= 4 is 30.1 Å². The summed E-state index contributed by atoms with van der Waals surface area (Å²) in [5.41, 5.74) is 6.01. The Balaban J connectivity index is 2.31. The fourth-order valence-corrected chi connectivity index (χ4v) is 8.01. The monoisotopic (exact) mass is 392 g/mol. The summed E-state index contributed by atoms with van der Waals surface area (Å²) >= 11 is 0. The summed E-state index contributed by atoms with van der Waals surface area (Å²) in [7, 11) is -2.93. The van der Waals surface area contributed by atoms with Gasteiger partial charge in [0.1, 0.15) is 0 Å². The quantitative estimate of drug-likeness (QED) is 0.307. The predicted octanol–water partition coefficient (Wildman–Crippen LogP) is 4.12. The van der Waals surface area contributed by atoms with Crippen LogP contribution in [0.4, 0.5) is 11.4 Å². The highest BCUT2D eigenvalue weighted by Gasteiger charge is 2.52. The summed E-state index contributed by atoms with van der Waals surface area (Å²) in [6, 6.07) is 24.6. The normalized spacial score (nSPS) is 11.8. The molecule has 28 heavy (non-hydrogen) atoms. The SMILES string of the molecule is CC(C)(C)[Si](Oc1ccc(N)cc1[N+](=O)[O-])(c1ccccc1)c1ccccc1. The van der Waals surface area contributed by atoms with Gasteiger partial charge in [0, 0.05) is 11.8 Å². The van der Waals surface area contributed by atoms with Crippen LogP contribution in [0.5, 0.6) is 5.75 Å². The average molecular weight is 393 g/mol. The van der Waals surface area contributed by atoms with Gasteiger partial charge in [-0.25, -0.2) is 0 Å². The highest BCUT2D eigenvalue weighted by Crippen LogP contribution is 2.40. The second-order valence-corrected chi connectivity index (χ2v) is 12.0. The molecule has 144 valence electrons. The Morgan fingerprint density at radius 1 is 0.893 bits per heavy atom. The van der Waals surface area contributed by atoms with Gasteiger partial charge in [-0.05, 0) is 27.5 Å². The van der Waals surface area contributed by atoms with E-state index in [0.717, 1.165) is 10.4 Å². The number of benzene rings is 3. The van der Waals surface area contributed by atoms with Crippen molar-refractivity contribution in [3.63, 3.8) is 0 Å². The number of nitro benzene ring substituents is 1. The van der Waals surface area contributed by atoms with Crippen LogP contribution in [0.3, 0.4) is 0 Å². The van der Waals surface area contributed by atoms with E-state index in [-0.39, 0.29) is 16.5 Å². The second-order valence-electron chi connectivity index (χ2n) is 7.75. The molecule has 0 aliphatic heterocycles. The molecule has 0 aliphatic carbocycles. The van der Waals surface area contributed by atoms with Crippen LogP contribution in [0.1, 0.15) is 20.8 Å². The summed E-state index contributed by atoms with van der Waals surface area (Å²) in [6.07, 6.45) is 0. The first-order valence-corrected chi connectivity index (χ1v) is 11.0. The second kappa shape index (κ2) is 7.48. The van der Waals surface area contributed by atoms with Crippen LogP contribution >= 0.6 is 0 Å². The standard InChI is InChI=1S/C22H24N2O3Si/c1-22(2,3)28(18-10-6-4-7-11-18,19-12-8-5-9-13-19)27-21-15-14-17(23)16-20(21)24(25)26/h4-16H,23H2,1-3H3. The molecule has 5 nitrogen and oxygen atoms in total. The van der Waals surface area contributed by atoms with Crippen molar-refractivity contribution in [3.8, 4) is 5.75 Å². The van der Waals surface area contributed by atoms with E-state index in [0.29, 0.717) is 5.69 Å². The minimum Gasteiger partial charge on any atom is -0.529 e. The van der Waals surface area contributed by atoms with Crippen molar-refractivity contribution in [1.29, 1.82) is 0 Å². The first-order valence-electron chi connectivity index (χ1n) is 9.10. The van der Waals surface area contributed by atoms with Crippen molar-refractivity contribution < 1.29 is 9.35 Å². The lowest BCUT2D eigenvalue weighted by molar-refractivity contribution is -0.385. The Hall–Kier alpha value is -3.12. The molecule has 0 fully saturated rings. The van der Waals surface area contributed by atoms with Crippen molar-refractivity contribution in [2.45, 2.75) is 25.8 Å². The minimum atomic E-state index is -2.93. The minimum absolute atomic E-state index is 0.118.